The lowest BCUT2D eigenvalue weighted by Crippen LogP contribution is -2.49. The van der Waals surface area contributed by atoms with Gasteiger partial charge in [-0.2, -0.15) is 0 Å². The lowest BCUT2D eigenvalue weighted by atomic mass is 9.90. The van der Waals surface area contributed by atoms with Crippen molar-refractivity contribution in [3.8, 4) is 0 Å². The highest BCUT2D eigenvalue weighted by Gasteiger charge is 2.46. The van der Waals surface area contributed by atoms with E-state index in [0.717, 1.165) is 24.9 Å². The van der Waals surface area contributed by atoms with Crippen LogP contribution in [0.5, 0.6) is 0 Å². The highest BCUT2D eigenvalue weighted by atomic mass is 19.3. The molecular weight excluding hydrogens is 276 g/mol. The van der Waals surface area contributed by atoms with Gasteiger partial charge in [0.25, 0.3) is 6.43 Å². The van der Waals surface area contributed by atoms with Gasteiger partial charge in [0, 0.05) is 12.1 Å². The van der Waals surface area contributed by atoms with Gasteiger partial charge in [-0.25, -0.2) is 8.78 Å². The highest BCUT2D eigenvalue weighted by molar-refractivity contribution is 5.79. The van der Waals surface area contributed by atoms with Gasteiger partial charge in [0.1, 0.15) is 5.54 Å². The van der Waals surface area contributed by atoms with E-state index >= 15 is 0 Å². The van der Waals surface area contributed by atoms with Gasteiger partial charge in [0.2, 0.25) is 0 Å². The predicted molar refractivity (Wildman–Crippen MR) is 76.3 cm³/mol. The van der Waals surface area contributed by atoms with Gasteiger partial charge >= 0.3 is 5.97 Å². The molecule has 1 aromatic carbocycles. The van der Waals surface area contributed by atoms with Crippen LogP contribution in [-0.2, 0) is 11.3 Å². The minimum absolute atomic E-state index is 0.00164. The number of alkyl halides is 2. The van der Waals surface area contributed by atoms with E-state index in [1.807, 2.05) is 11.8 Å². The van der Waals surface area contributed by atoms with Crippen molar-refractivity contribution in [3.63, 3.8) is 0 Å². The van der Waals surface area contributed by atoms with Gasteiger partial charge in [-0.1, -0.05) is 37.6 Å². The van der Waals surface area contributed by atoms with E-state index in [2.05, 4.69) is 0 Å². The Morgan fingerprint density at radius 1 is 1.38 bits per heavy atom. The molecule has 0 spiro atoms. The van der Waals surface area contributed by atoms with Gasteiger partial charge in [-0.15, -0.1) is 0 Å². The van der Waals surface area contributed by atoms with Crippen LogP contribution in [0.15, 0.2) is 24.3 Å². The minimum Gasteiger partial charge on any atom is -0.480 e. The summed E-state index contributed by atoms with van der Waals surface area (Å²) in [7, 11) is 0. The Kier molecular flexibility index (Phi) is 4.93. The maximum absolute atomic E-state index is 12.5. The highest BCUT2D eigenvalue weighted by Crippen LogP contribution is 2.35. The van der Waals surface area contributed by atoms with E-state index in [0.29, 0.717) is 19.4 Å². The molecule has 1 aliphatic heterocycles. The number of aliphatic carboxylic acids is 1. The quantitative estimate of drug-likeness (QED) is 0.867. The molecule has 1 unspecified atom stereocenters. The number of benzene rings is 1. The molecular formula is C16H21F2NO2. The zero-order valence-electron chi connectivity index (χ0n) is 12.2. The Bertz CT molecular complexity index is 490. The van der Waals surface area contributed by atoms with E-state index in [4.69, 9.17) is 0 Å². The third-order valence-electron chi connectivity index (χ3n) is 4.29. The number of hydrogen-bond donors (Lipinski definition) is 1. The van der Waals surface area contributed by atoms with Crippen molar-refractivity contribution >= 4 is 5.97 Å². The molecule has 0 aromatic heterocycles. The first-order chi connectivity index (χ1) is 9.99. The van der Waals surface area contributed by atoms with E-state index in [1.165, 1.54) is 12.1 Å². The molecule has 1 aromatic rings. The first kappa shape index (κ1) is 15.9. The molecule has 1 N–H and O–H groups in total. The lowest BCUT2D eigenvalue weighted by molar-refractivity contribution is -0.150. The van der Waals surface area contributed by atoms with E-state index in [-0.39, 0.29) is 5.56 Å². The predicted octanol–water partition coefficient (Wildman–Crippen LogP) is 3.84. The van der Waals surface area contributed by atoms with E-state index < -0.39 is 17.9 Å². The fourth-order valence-corrected chi connectivity index (χ4v) is 3.20. The van der Waals surface area contributed by atoms with Gasteiger partial charge in [0.15, 0.2) is 0 Å². The number of carbonyl (C=O) groups is 1. The molecule has 0 amide bonds. The summed E-state index contributed by atoms with van der Waals surface area (Å²) in [5.74, 6) is -0.772. The largest absolute Gasteiger partial charge is 0.480 e. The van der Waals surface area contributed by atoms with Gasteiger partial charge in [0.05, 0.1) is 0 Å². The third-order valence-corrected chi connectivity index (χ3v) is 4.29. The Labute approximate surface area is 123 Å². The zero-order chi connectivity index (χ0) is 15.5. The molecule has 0 aliphatic carbocycles. The summed E-state index contributed by atoms with van der Waals surface area (Å²) in [6.07, 6.45) is 0.487. The maximum Gasteiger partial charge on any atom is 0.324 e. The monoisotopic (exact) mass is 297 g/mol. The van der Waals surface area contributed by atoms with Crippen LogP contribution in [-0.4, -0.2) is 28.1 Å². The summed E-state index contributed by atoms with van der Waals surface area (Å²) < 4.78 is 25.1. The van der Waals surface area contributed by atoms with Crippen molar-refractivity contribution < 1.29 is 18.7 Å². The van der Waals surface area contributed by atoms with Crippen LogP contribution < -0.4 is 0 Å². The second-order valence-corrected chi connectivity index (χ2v) is 5.65. The minimum atomic E-state index is -2.47. The molecule has 0 radical (unpaired) electrons. The molecule has 3 nitrogen and oxygen atoms in total. The molecule has 1 atom stereocenters. The van der Waals surface area contributed by atoms with Crippen molar-refractivity contribution in [3.05, 3.63) is 35.4 Å². The number of carboxylic acids is 1. The summed E-state index contributed by atoms with van der Waals surface area (Å²) >= 11 is 0. The smallest absolute Gasteiger partial charge is 0.324 e. The number of hydrogen-bond acceptors (Lipinski definition) is 2. The number of rotatable bonds is 6. The molecule has 1 aliphatic rings. The van der Waals surface area contributed by atoms with Crippen molar-refractivity contribution in [1.29, 1.82) is 0 Å². The Balaban J connectivity index is 2.15. The summed E-state index contributed by atoms with van der Waals surface area (Å²) in [5.41, 5.74) is 0.0807. The Morgan fingerprint density at radius 2 is 2.05 bits per heavy atom. The van der Waals surface area contributed by atoms with Gasteiger partial charge in [-0.05, 0) is 31.4 Å². The van der Waals surface area contributed by atoms with Crippen LogP contribution in [0, 0.1) is 0 Å². The molecule has 116 valence electrons. The van der Waals surface area contributed by atoms with Crippen LogP contribution >= 0.6 is 0 Å². The zero-order valence-corrected chi connectivity index (χ0v) is 12.2. The van der Waals surface area contributed by atoms with Gasteiger partial charge < -0.3 is 5.11 Å². The van der Waals surface area contributed by atoms with Gasteiger partial charge in [-0.3, -0.25) is 9.69 Å². The second-order valence-electron chi connectivity index (χ2n) is 5.65. The molecule has 2 rings (SSSR count). The summed E-state index contributed by atoms with van der Waals surface area (Å²) in [6.45, 7) is 3.22. The van der Waals surface area contributed by atoms with Crippen LogP contribution in [0.3, 0.4) is 0 Å². The molecule has 5 heteroatoms. The molecule has 1 heterocycles. The van der Waals surface area contributed by atoms with Crippen LogP contribution in [0.4, 0.5) is 8.78 Å². The lowest BCUT2D eigenvalue weighted by Gasteiger charge is -2.34. The Hall–Kier alpha value is -1.49. The fraction of sp³-hybridized carbons (Fsp3) is 0.562. The van der Waals surface area contributed by atoms with E-state index in [9.17, 15) is 18.7 Å². The number of carboxylic acid groups (broad SMARTS) is 1. The van der Waals surface area contributed by atoms with Crippen molar-refractivity contribution in [2.45, 2.75) is 51.1 Å². The average molecular weight is 297 g/mol. The first-order valence-electron chi connectivity index (χ1n) is 7.35. The molecule has 1 saturated heterocycles. The molecule has 21 heavy (non-hydrogen) atoms. The van der Waals surface area contributed by atoms with Crippen LogP contribution in [0.1, 0.15) is 50.2 Å². The Morgan fingerprint density at radius 3 is 2.57 bits per heavy atom. The number of likely N-dealkylation sites (tertiary alicyclic amines) is 1. The topological polar surface area (TPSA) is 40.5 Å². The fourth-order valence-electron chi connectivity index (χ4n) is 3.20. The maximum atomic E-state index is 12.5. The average Bonchev–Trinajstić information content (AvgIpc) is 2.84. The third kappa shape index (κ3) is 3.23. The standard InChI is InChI=1S/C16H21F2NO2/c1-2-8-16(15(20)21)9-3-10-19(16)11-12-4-6-13(7-5-12)14(17)18/h4-7,14H,2-3,8-11H2,1H3,(H,20,21). The summed E-state index contributed by atoms with van der Waals surface area (Å²) in [5, 5.41) is 9.62. The van der Waals surface area contributed by atoms with Crippen molar-refractivity contribution in [1.82, 2.24) is 4.90 Å². The van der Waals surface area contributed by atoms with Crippen LogP contribution in [0.2, 0.25) is 0 Å². The second kappa shape index (κ2) is 6.52. The summed E-state index contributed by atoms with van der Waals surface area (Å²) in [4.78, 5) is 13.7. The first-order valence-corrected chi connectivity index (χ1v) is 7.35. The summed E-state index contributed by atoms with van der Waals surface area (Å²) in [6, 6.07) is 6.16. The number of nitrogens with zero attached hydrogens (tertiary/aromatic N) is 1. The van der Waals surface area contributed by atoms with Crippen LogP contribution in [0.25, 0.3) is 0 Å². The normalized spacial score (nSPS) is 22.9. The molecule has 0 bridgehead atoms. The molecule has 1 fully saturated rings. The van der Waals surface area contributed by atoms with Crippen molar-refractivity contribution in [2.24, 2.45) is 0 Å². The number of halogens is 2. The van der Waals surface area contributed by atoms with E-state index in [1.54, 1.807) is 12.1 Å². The molecule has 0 saturated carbocycles. The SMILES string of the molecule is CCCC1(C(=O)O)CCCN1Cc1ccc(C(F)F)cc1. The van der Waals surface area contributed by atoms with Crippen molar-refractivity contribution in [2.75, 3.05) is 6.54 Å².